The summed E-state index contributed by atoms with van der Waals surface area (Å²) in [6.07, 6.45) is 2.86. The van der Waals surface area contributed by atoms with E-state index in [1.165, 1.54) is 4.90 Å². The number of rotatable bonds is 5. The molecule has 0 aliphatic carbocycles. The predicted molar refractivity (Wildman–Crippen MR) is 100 cm³/mol. The van der Waals surface area contributed by atoms with Crippen molar-refractivity contribution in [2.45, 2.75) is 26.4 Å². The Morgan fingerprint density at radius 3 is 2.56 bits per heavy atom. The molecule has 2 rings (SSSR count). The van der Waals surface area contributed by atoms with Gasteiger partial charge in [0.15, 0.2) is 0 Å². The molecule has 1 amide bonds. The molecule has 0 radical (unpaired) electrons. The summed E-state index contributed by atoms with van der Waals surface area (Å²) in [5.74, 6) is 0. The van der Waals surface area contributed by atoms with E-state index in [-0.39, 0.29) is 0 Å². The number of methoxy groups -OCH3 is 1. The van der Waals surface area contributed by atoms with Gasteiger partial charge in [0, 0.05) is 29.5 Å². The number of hydrogen-bond donors (Lipinski definition) is 0. The molecule has 0 unspecified atom stereocenters. The molecule has 0 saturated carbocycles. The van der Waals surface area contributed by atoms with Crippen molar-refractivity contribution in [2.24, 2.45) is 0 Å². The summed E-state index contributed by atoms with van der Waals surface area (Å²) >= 11 is 6.35. The molecule has 5 nitrogen and oxygen atoms in total. The second kappa shape index (κ2) is 8.32. The van der Waals surface area contributed by atoms with E-state index in [1.54, 1.807) is 19.5 Å². The normalized spacial score (nSPS) is 11.2. The van der Waals surface area contributed by atoms with Gasteiger partial charge in [-0.2, -0.15) is 0 Å². The first-order valence-corrected chi connectivity index (χ1v) is 8.39. The molecule has 2 aromatic rings. The van der Waals surface area contributed by atoms with Crippen LogP contribution in [0.5, 0.6) is 0 Å². The second-order valence-corrected chi connectivity index (χ2v) is 6.90. The summed E-state index contributed by atoms with van der Waals surface area (Å²) < 4.78 is 10.7. The number of aromatic nitrogens is 1. The first-order valence-electron chi connectivity index (χ1n) is 8.02. The van der Waals surface area contributed by atoms with Gasteiger partial charge >= 0.3 is 6.09 Å². The predicted octanol–water partition coefficient (Wildman–Crippen LogP) is 4.79. The zero-order chi connectivity index (χ0) is 18.4. The summed E-state index contributed by atoms with van der Waals surface area (Å²) in [5, 5.41) is 0.603. The van der Waals surface area contributed by atoms with E-state index in [0.717, 1.165) is 11.1 Å². The molecule has 0 bridgehead atoms. The number of pyridine rings is 1. The van der Waals surface area contributed by atoms with Crippen LogP contribution in [-0.4, -0.2) is 36.9 Å². The van der Waals surface area contributed by atoms with E-state index in [2.05, 4.69) is 4.98 Å². The number of halogens is 1. The Labute approximate surface area is 153 Å². The Hall–Kier alpha value is -2.11. The minimum Gasteiger partial charge on any atom is -0.443 e. The molecule has 25 heavy (non-hydrogen) atoms. The third-order valence-electron chi connectivity index (χ3n) is 3.39. The number of nitrogens with zero attached hydrogens (tertiary/aromatic N) is 2. The topological polar surface area (TPSA) is 51.7 Å². The standard InChI is InChI=1S/C19H23ClN2O3/c1-19(2,3)25-18(23)22(11-12-24-4)17-13-21-10-9-15(17)14-7-5-6-8-16(14)20/h5-10,13H,11-12H2,1-4H3. The Kier molecular flexibility index (Phi) is 6.39. The Bertz CT molecular complexity index is 729. The first kappa shape index (κ1) is 19.2. The van der Waals surface area contributed by atoms with Gasteiger partial charge in [0.1, 0.15) is 5.60 Å². The van der Waals surface area contributed by atoms with Gasteiger partial charge in [-0.3, -0.25) is 9.88 Å². The molecule has 0 aliphatic heterocycles. The van der Waals surface area contributed by atoms with Gasteiger partial charge in [0.2, 0.25) is 0 Å². The highest BCUT2D eigenvalue weighted by Gasteiger charge is 2.25. The fourth-order valence-corrected chi connectivity index (χ4v) is 2.56. The molecule has 6 heteroatoms. The minimum atomic E-state index is -0.602. The molecule has 0 spiro atoms. The van der Waals surface area contributed by atoms with Gasteiger partial charge in [0.25, 0.3) is 0 Å². The molecule has 0 N–H and O–H groups in total. The maximum absolute atomic E-state index is 12.7. The van der Waals surface area contributed by atoms with E-state index in [0.29, 0.717) is 23.9 Å². The summed E-state index contributed by atoms with van der Waals surface area (Å²) in [6.45, 7) is 6.21. The fraction of sp³-hybridized carbons (Fsp3) is 0.368. The van der Waals surface area contributed by atoms with E-state index in [1.807, 2.05) is 51.1 Å². The van der Waals surface area contributed by atoms with Crippen molar-refractivity contribution in [3.8, 4) is 11.1 Å². The van der Waals surface area contributed by atoms with Crippen LogP contribution in [0.2, 0.25) is 5.02 Å². The van der Waals surface area contributed by atoms with Crippen molar-refractivity contribution in [3.05, 3.63) is 47.7 Å². The maximum Gasteiger partial charge on any atom is 0.414 e. The highest BCUT2D eigenvalue weighted by Crippen LogP contribution is 2.35. The SMILES string of the molecule is COCCN(C(=O)OC(C)(C)C)c1cnccc1-c1ccccc1Cl. The molecule has 0 fully saturated rings. The summed E-state index contributed by atoms with van der Waals surface area (Å²) in [7, 11) is 1.59. The van der Waals surface area contributed by atoms with Crippen molar-refractivity contribution in [1.82, 2.24) is 4.98 Å². The lowest BCUT2D eigenvalue weighted by Gasteiger charge is -2.28. The lowest BCUT2D eigenvalue weighted by Crippen LogP contribution is -2.39. The Balaban J connectivity index is 2.47. The molecule has 0 aliphatic rings. The quantitative estimate of drug-likeness (QED) is 0.767. The highest BCUT2D eigenvalue weighted by atomic mass is 35.5. The van der Waals surface area contributed by atoms with E-state index < -0.39 is 11.7 Å². The van der Waals surface area contributed by atoms with Crippen LogP contribution in [0.15, 0.2) is 42.7 Å². The number of carbonyl (C=O) groups is 1. The van der Waals surface area contributed by atoms with E-state index in [9.17, 15) is 4.79 Å². The smallest absolute Gasteiger partial charge is 0.414 e. The van der Waals surface area contributed by atoms with E-state index >= 15 is 0 Å². The molecule has 134 valence electrons. The zero-order valence-corrected chi connectivity index (χ0v) is 15.7. The number of carbonyl (C=O) groups excluding carboxylic acids is 1. The molecule has 0 saturated heterocycles. The maximum atomic E-state index is 12.7. The van der Waals surface area contributed by atoms with E-state index in [4.69, 9.17) is 21.1 Å². The monoisotopic (exact) mass is 362 g/mol. The van der Waals surface area contributed by atoms with Crippen LogP contribution in [-0.2, 0) is 9.47 Å². The van der Waals surface area contributed by atoms with Crippen LogP contribution in [0, 0.1) is 0 Å². The third-order valence-corrected chi connectivity index (χ3v) is 3.72. The fourth-order valence-electron chi connectivity index (χ4n) is 2.32. The van der Waals surface area contributed by atoms with Gasteiger partial charge < -0.3 is 9.47 Å². The largest absolute Gasteiger partial charge is 0.443 e. The van der Waals surface area contributed by atoms with Crippen LogP contribution in [0.25, 0.3) is 11.1 Å². The number of amides is 1. The van der Waals surface area contributed by atoms with Crippen molar-refractivity contribution < 1.29 is 14.3 Å². The molecule has 1 aromatic carbocycles. The van der Waals surface area contributed by atoms with Crippen molar-refractivity contribution >= 4 is 23.4 Å². The minimum absolute atomic E-state index is 0.342. The highest BCUT2D eigenvalue weighted by molar-refractivity contribution is 6.33. The van der Waals surface area contributed by atoms with Crippen LogP contribution < -0.4 is 4.90 Å². The average molecular weight is 363 g/mol. The number of hydrogen-bond acceptors (Lipinski definition) is 4. The lowest BCUT2D eigenvalue weighted by atomic mass is 10.0. The molecule has 0 atom stereocenters. The molecule has 1 heterocycles. The summed E-state index contributed by atoms with van der Waals surface area (Å²) in [6, 6.07) is 9.32. The van der Waals surface area contributed by atoms with Crippen LogP contribution in [0.4, 0.5) is 10.5 Å². The average Bonchev–Trinajstić information content (AvgIpc) is 2.54. The summed E-state index contributed by atoms with van der Waals surface area (Å²) in [4.78, 5) is 18.4. The van der Waals surface area contributed by atoms with Gasteiger partial charge in [-0.25, -0.2) is 4.79 Å². The van der Waals surface area contributed by atoms with Gasteiger partial charge in [0.05, 0.1) is 25.0 Å². The number of benzene rings is 1. The van der Waals surface area contributed by atoms with Gasteiger partial charge in [-0.1, -0.05) is 29.8 Å². The van der Waals surface area contributed by atoms with Crippen LogP contribution >= 0.6 is 11.6 Å². The van der Waals surface area contributed by atoms with Crippen molar-refractivity contribution in [2.75, 3.05) is 25.2 Å². The van der Waals surface area contributed by atoms with Crippen LogP contribution in [0.3, 0.4) is 0 Å². The summed E-state index contributed by atoms with van der Waals surface area (Å²) in [5.41, 5.74) is 1.66. The number of ether oxygens (including phenoxy) is 2. The second-order valence-electron chi connectivity index (χ2n) is 6.50. The molecular weight excluding hydrogens is 340 g/mol. The van der Waals surface area contributed by atoms with Gasteiger partial charge in [-0.15, -0.1) is 0 Å². The molecular formula is C19H23ClN2O3. The van der Waals surface area contributed by atoms with Crippen molar-refractivity contribution in [1.29, 1.82) is 0 Å². The third kappa shape index (κ3) is 5.18. The Morgan fingerprint density at radius 1 is 1.20 bits per heavy atom. The van der Waals surface area contributed by atoms with Crippen LogP contribution in [0.1, 0.15) is 20.8 Å². The van der Waals surface area contributed by atoms with Gasteiger partial charge in [-0.05, 0) is 32.9 Å². The molecule has 1 aromatic heterocycles. The first-order chi connectivity index (χ1) is 11.8. The number of anilines is 1. The zero-order valence-electron chi connectivity index (χ0n) is 15.0. The lowest BCUT2D eigenvalue weighted by molar-refractivity contribution is 0.0569. The Morgan fingerprint density at radius 2 is 1.92 bits per heavy atom. The van der Waals surface area contributed by atoms with Crippen molar-refractivity contribution in [3.63, 3.8) is 0 Å².